The van der Waals surface area contributed by atoms with E-state index in [4.69, 9.17) is 0 Å². The molecule has 1 saturated heterocycles. The zero-order valence-electron chi connectivity index (χ0n) is 16.1. The van der Waals surface area contributed by atoms with Crippen molar-refractivity contribution in [3.05, 3.63) is 88.1 Å². The highest BCUT2D eigenvalue weighted by Crippen LogP contribution is 2.21. The van der Waals surface area contributed by atoms with Crippen molar-refractivity contribution in [1.29, 1.82) is 0 Å². The van der Waals surface area contributed by atoms with Crippen molar-refractivity contribution in [2.75, 3.05) is 31.5 Å². The molecule has 0 bridgehead atoms. The first kappa shape index (κ1) is 19.4. The van der Waals surface area contributed by atoms with E-state index in [1.165, 1.54) is 16.9 Å². The SMILES string of the molecule is O=C(Nc1ccccc1C(=O)N1CCN(Cc2ccccc2)CC1)c1cccs1. The maximum absolute atomic E-state index is 13.1. The lowest BCUT2D eigenvalue weighted by atomic mass is 10.1. The molecule has 0 spiro atoms. The first-order valence-corrected chi connectivity index (χ1v) is 10.6. The maximum Gasteiger partial charge on any atom is 0.265 e. The van der Waals surface area contributed by atoms with Gasteiger partial charge in [0.15, 0.2) is 0 Å². The summed E-state index contributed by atoms with van der Waals surface area (Å²) in [6.07, 6.45) is 0. The van der Waals surface area contributed by atoms with Gasteiger partial charge in [0.25, 0.3) is 11.8 Å². The van der Waals surface area contributed by atoms with E-state index in [0.717, 1.165) is 19.6 Å². The van der Waals surface area contributed by atoms with E-state index in [1.807, 2.05) is 34.5 Å². The van der Waals surface area contributed by atoms with Gasteiger partial charge < -0.3 is 10.2 Å². The number of thiophene rings is 1. The summed E-state index contributed by atoms with van der Waals surface area (Å²) >= 11 is 1.38. The average molecular weight is 406 g/mol. The van der Waals surface area contributed by atoms with Crippen molar-refractivity contribution in [2.24, 2.45) is 0 Å². The number of piperazine rings is 1. The standard InChI is InChI=1S/C23H23N3O2S/c27-22(21-11-6-16-29-21)24-20-10-5-4-9-19(20)23(28)26-14-12-25(13-15-26)17-18-7-2-1-3-8-18/h1-11,16H,12-15,17H2,(H,24,27). The Kier molecular flexibility index (Phi) is 6.03. The van der Waals surface area contributed by atoms with Gasteiger partial charge in [-0.25, -0.2) is 0 Å². The molecule has 5 nitrogen and oxygen atoms in total. The summed E-state index contributed by atoms with van der Waals surface area (Å²) < 4.78 is 0. The van der Waals surface area contributed by atoms with Crippen LogP contribution in [0.15, 0.2) is 72.1 Å². The number of hydrogen-bond acceptors (Lipinski definition) is 4. The van der Waals surface area contributed by atoms with Gasteiger partial charge >= 0.3 is 0 Å². The third-order valence-corrected chi connectivity index (χ3v) is 5.93. The second kappa shape index (κ2) is 9.03. The van der Waals surface area contributed by atoms with Crippen LogP contribution in [0.5, 0.6) is 0 Å². The van der Waals surface area contributed by atoms with E-state index in [9.17, 15) is 9.59 Å². The Labute approximate surface area is 174 Å². The highest BCUT2D eigenvalue weighted by Gasteiger charge is 2.24. The van der Waals surface area contributed by atoms with Crippen molar-refractivity contribution < 1.29 is 9.59 Å². The average Bonchev–Trinajstić information content (AvgIpc) is 3.30. The Morgan fingerprint density at radius 3 is 2.31 bits per heavy atom. The fraction of sp³-hybridized carbons (Fsp3) is 0.217. The fourth-order valence-corrected chi connectivity index (χ4v) is 4.11. The fourth-order valence-electron chi connectivity index (χ4n) is 3.49. The van der Waals surface area contributed by atoms with E-state index in [0.29, 0.717) is 29.2 Å². The monoisotopic (exact) mass is 405 g/mol. The van der Waals surface area contributed by atoms with E-state index < -0.39 is 0 Å². The zero-order chi connectivity index (χ0) is 20.1. The lowest BCUT2D eigenvalue weighted by Gasteiger charge is -2.35. The van der Waals surface area contributed by atoms with Crippen LogP contribution in [0.3, 0.4) is 0 Å². The van der Waals surface area contributed by atoms with Crippen LogP contribution in [0.4, 0.5) is 5.69 Å². The van der Waals surface area contributed by atoms with Crippen LogP contribution in [0.25, 0.3) is 0 Å². The van der Waals surface area contributed by atoms with E-state index in [2.05, 4.69) is 34.5 Å². The van der Waals surface area contributed by atoms with Crippen molar-refractivity contribution in [3.63, 3.8) is 0 Å². The summed E-state index contributed by atoms with van der Waals surface area (Å²) in [5.74, 6) is -0.223. The molecule has 1 aliphatic rings. The second-order valence-electron chi connectivity index (χ2n) is 7.03. The van der Waals surface area contributed by atoms with Gasteiger partial charge in [-0.15, -0.1) is 11.3 Å². The van der Waals surface area contributed by atoms with E-state index in [1.54, 1.807) is 18.2 Å². The Bertz CT molecular complexity index is 965. The molecule has 1 N–H and O–H groups in total. The van der Waals surface area contributed by atoms with Crippen molar-refractivity contribution in [2.45, 2.75) is 6.54 Å². The van der Waals surface area contributed by atoms with Crippen LogP contribution in [0.2, 0.25) is 0 Å². The van der Waals surface area contributed by atoms with Gasteiger partial charge in [0.1, 0.15) is 0 Å². The number of nitrogens with one attached hydrogen (secondary N) is 1. The van der Waals surface area contributed by atoms with E-state index >= 15 is 0 Å². The number of carbonyl (C=O) groups excluding carboxylic acids is 2. The molecule has 0 aliphatic carbocycles. The molecule has 148 valence electrons. The number of amides is 2. The zero-order valence-corrected chi connectivity index (χ0v) is 16.9. The van der Waals surface area contributed by atoms with Gasteiger partial charge in [-0.1, -0.05) is 48.5 Å². The Balaban J connectivity index is 1.39. The Hall–Kier alpha value is -2.96. The van der Waals surface area contributed by atoms with Crippen LogP contribution in [0.1, 0.15) is 25.6 Å². The minimum atomic E-state index is -0.187. The molecule has 4 rings (SSSR count). The summed E-state index contributed by atoms with van der Waals surface area (Å²) in [4.78, 5) is 30.4. The number of para-hydroxylation sites is 1. The molecule has 3 aromatic rings. The minimum Gasteiger partial charge on any atom is -0.336 e. The van der Waals surface area contributed by atoms with Gasteiger partial charge in [0.05, 0.1) is 16.1 Å². The number of nitrogens with zero attached hydrogens (tertiary/aromatic N) is 2. The quantitative estimate of drug-likeness (QED) is 0.699. The number of rotatable bonds is 5. The number of anilines is 1. The maximum atomic E-state index is 13.1. The predicted molar refractivity (Wildman–Crippen MR) is 116 cm³/mol. The third-order valence-electron chi connectivity index (χ3n) is 5.06. The summed E-state index contributed by atoms with van der Waals surface area (Å²) in [7, 11) is 0. The Morgan fingerprint density at radius 2 is 1.59 bits per heavy atom. The third kappa shape index (κ3) is 4.72. The number of hydrogen-bond donors (Lipinski definition) is 1. The highest BCUT2D eigenvalue weighted by molar-refractivity contribution is 7.12. The van der Waals surface area contributed by atoms with Crippen LogP contribution >= 0.6 is 11.3 Å². The van der Waals surface area contributed by atoms with Crippen LogP contribution in [-0.2, 0) is 6.54 Å². The first-order chi connectivity index (χ1) is 14.2. The van der Waals surface area contributed by atoms with Gasteiger partial charge in [0, 0.05) is 32.7 Å². The largest absolute Gasteiger partial charge is 0.336 e. The molecule has 2 heterocycles. The summed E-state index contributed by atoms with van der Waals surface area (Å²) in [6, 6.07) is 21.2. The summed E-state index contributed by atoms with van der Waals surface area (Å²) in [5.41, 5.74) is 2.38. The topological polar surface area (TPSA) is 52.7 Å². The van der Waals surface area contributed by atoms with E-state index in [-0.39, 0.29) is 11.8 Å². The predicted octanol–water partition coefficient (Wildman–Crippen LogP) is 3.96. The van der Waals surface area contributed by atoms with Crippen molar-refractivity contribution in [3.8, 4) is 0 Å². The molecule has 1 aromatic heterocycles. The molecule has 1 fully saturated rings. The molecule has 0 unspecified atom stereocenters. The lowest BCUT2D eigenvalue weighted by molar-refractivity contribution is 0.0629. The van der Waals surface area contributed by atoms with Gasteiger partial charge in [0.2, 0.25) is 0 Å². The molecule has 0 saturated carbocycles. The van der Waals surface area contributed by atoms with Crippen molar-refractivity contribution >= 4 is 28.8 Å². The molecule has 2 aromatic carbocycles. The molecular weight excluding hydrogens is 382 g/mol. The molecule has 6 heteroatoms. The molecule has 2 amide bonds. The lowest BCUT2D eigenvalue weighted by Crippen LogP contribution is -2.48. The molecular formula is C23H23N3O2S. The second-order valence-corrected chi connectivity index (χ2v) is 7.98. The molecule has 0 atom stereocenters. The first-order valence-electron chi connectivity index (χ1n) is 9.70. The number of carbonyl (C=O) groups is 2. The smallest absolute Gasteiger partial charge is 0.265 e. The van der Waals surface area contributed by atoms with Gasteiger partial charge in [-0.05, 0) is 29.1 Å². The minimum absolute atomic E-state index is 0.0357. The summed E-state index contributed by atoms with van der Waals surface area (Å²) in [5, 5.41) is 4.75. The van der Waals surface area contributed by atoms with Crippen LogP contribution < -0.4 is 5.32 Å². The normalized spacial score (nSPS) is 14.6. The van der Waals surface area contributed by atoms with Gasteiger partial charge in [-0.2, -0.15) is 0 Å². The molecule has 1 aliphatic heterocycles. The Morgan fingerprint density at radius 1 is 0.862 bits per heavy atom. The van der Waals surface area contributed by atoms with Crippen LogP contribution in [-0.4, -0.2) is 47.8 Å². The van der Waals surface area contributed by atoms with Crippen LogP contribution in [0, 0.1) is 0 Å². The molecule has 0 radical (unpaired) electrons. The highest BCUT2D eigenvalue weighted by atomic mass is 32.1. The van der Waals surface area contributed by atoms with Gasteiger partial charge in [-0.3, -0.25) is 14.5 Å². The molecule has 29 heavy (non-hydrogen) atoms. The number of benzene rings is 2. The summed E-state index contributed by atoms with van der Waals surface area (Å²) in [6.45, 7) is 3.93. The van der Waals surface area contributed by atoms with Crippen molar-refractivity contribution in [1.82, 2.24) is 9.80 Å².